The molecular weight excluding hydrogens is 280 g/mol. The van der Waals surface area contributed by atoms with Crippen LogP contribution in [0.4, 0.5) is 0 Å². The van der Waals surface area contributed by atoms with Crippen molar-refractivity contribution in [3.63, 3.8) is 0 Å². The van der Waals surface area contributed by atoms with Crippen LogP contribution in [0, 0.1) is 0 Å². The number of carbonyl (C=O) groups excluding carboxylic acids is 1. The van der Waals surface area contributed by atoms with Gasteiger partial charge in [-0.05, 0) is 30.5 Å². The quantitative estimate of drug-likeness (QED) is 0.870. The van der Waals surface area contributed by atoms with E-state index in [1.807, 2.05) is 36.1 Å². The van der Waals surface area contributed by atoms with E-state index < -0.39 is 0 Å². The van der Waals surface area contributed by atoms with Crippen molar-refractivity contribution in [2.75, 3.05) is 13.7 Å². The Morgan fingerprint density at radius 1 is 1.41 bits per heavy atom. The van der Waals surface area contributed by atoms with Crippen LogP contribution in [0.1, 0.15) is 47.6 Å². The lowest BCUT2D eigenvalue weighted by atomic mass is 10.0. The van der Waals surface area contributed by atoms with E-state index in [1.165, 1.54) is 6.39 Å². The highest BCUT2D eigenvalue weighted by atomic mass is 16.5. The molecule has 0 radical (unpaired) electrons. The number of oxazole rings is 1. The van der Waals surface area contributed by atoms with Crippen molar-refractivity contribution >= 4 is 5.91 Å². The Bertz CT molecular complexity index is 648. The zero-order chi connectivity index (χ0) is 15.5. The minimum absolute atomic E-state index is 0.0380. The van der Waals surface area contributed by atoms with Crippen molar-refractivity contribution in [2.24, 2.45) is 0 Å². The third-order valence-electron chi connectivity index (χ3n) is 4.18. The number of rotatable bonds is 4. The number of likely N-dealkylation sites (tertiary alicyclic amines) is 1. The molecule has 2 aromatic rings. The SMILES string of the molecule is CCc1ocnc1C(=O)N1CCCC1c1ccc(OC)cc1. The zero-order valence-corrected chi connectivity index (χ0v) is 12.9. The lowest BCUT2D eigenvalue weighted by molar-refractivity contribution is 0.0728. The lowest BCUT2D eigenvalue weighted by Gasteiger charge is -2.24. The van der Waals surface area contributed by atoms with Crippen LogP contribution in [0.25, 0.3) is 0 Å². The molecule has 1 saturated heterocycles. The Kier molecular flexibility index (Phi) is 4.13. The van der Waals surface area contributed by atoms with Crippen LogP contribution in [0.15, 0.2) is 35.1 Å². The highest BCUT2D eigenvalue weighted by molar-refractivity contribution is 5.93. The molecule has 1 aromatic carbocycles. The molecule has 2 heterocycles. The number of ether oxygens (including phenoxy) is 1. The molecular formula is C17H20N2O3. The van der Waals surface area contributed by atoms with Crippen molar-refractivity contribution in [1.29, 1.82) is 0 Å². The van der Waals surface area contributed by atoms with Gasteiger partial charge in [0.05, 0.1) is 13.2 Å². The molecule has 0 N–H and O–H groups in total. The third-order valence-corrected chi connectivity index (χ3v) is 4.18. The second kappa shape index (κ2) is 6.22. The maximum atomic E-state index is 12.8. The molecule has 1 unspecified atom stereocenters. The van der Waals surface area contributed by atoms with Gasteiger partial charge in [-0.3, -0.25) is 4.79 Å². The molecule has 5 heteroatoms. The predicted octanol–water partition coefficient (Wildman–Crippen LogP) is 3.22. The molecule has 1 aliphatic rings. The molecule has 0 aliphatic carbocycles. The summed E-state index contributed by atoms with van der Waals surface area (Å²) in [6, 6.07) is 8.02. The predicted molar refractivity (Wildman–Crippen MR) is 81.9 cm³/mol. The van der Waals surface area contributed by atoms with Gasteiger partial charge in [0.15, 0.2) is 12.1 Å². The van der Waals surface area contributed by atoms with Gasteiger partial charge in [0.25, 0.3) is 5.91 Å². The highest BCUT2D eigenvalue weighted by Gasteiger charge is 2.32. The summed E-state index contributed by atoms with van der Waals surface area (Å²) in [5.41, 5.74) is 1.58. The van der Waals surface area contributed by atoms with Gasteiger partial charge >= 0.3 is 0 Å². The van der Waals surface area contributed by atoms with E-state index in [9.17, 15) is 4.79 Å². The molecule has 116 valence electrons. The van der Waals surface area contributed by atoms with E-state index in [0.29, 0.717) is 17.9 Å². The number of nitrogens with zero attached hydrogens (tertiary/aromatic N) is 2. The molecule has 0 bridgehead atoms. The summed E-state index contributed by atoms with van der Waals surface area (Å²) in [6.45, 7) is 2.72. The first-order valence-corrected chi connectivity index (χ1v) is 7.62. The number of methoxy groups -OCH3 is 1. The Labute approximate surface area is 129 Å². The molecule has 1 atom stereocenters. The average molecular weight is 300 g/mol. The van der Waals surface area contributed by atoms with Crippen molar-refractivity contribution in [2.45, 2.75) is 32.2 Å². The lowest BCUT2D eigenvalue weighted by Crippen LogP contribution is -2.31. The molecule has 1 aliphatic heterocycles. The molecule has 1 amide bonds. The summed E-state index contributed by atoms with van der Waals surface area (Å²) in [5, 5.41) is 0. The fourth-order valence-electron chi connectivity index (χ4n) is 3.01. The van der Waals surface area contributed by atoms with Gasteiger partial charge in [0.2, 0.25) is 0 Å². The first-order valence-electron chi connectivity index (χ1n) is 7.62. The van der Waals surface area contributed by atoms with Crippen LogP contribution in [0.2, 0.25) is 0 Å². The van der Waals surface area contributed by atoms with Gasteiger partial charge in [-0.2, -0.15) is 0 Å². The molecule has 22 heavy (non-hydrogen) atoms. The van der Waals surface area contributed by atoms with Crippen LogP contribution < -0.4 is 4.74 Å². The number of hydrogen-bond acceptors (Lipinski definition) is 4. The Morgan fingerprint density at radius 2 is 2.18 bits per heavy atom. The second-order valence-electron chi connectivity index (χ2n) is 5.41. The number of carbonyl (C=O) groups is 1. The summed E-state index contributed by atoms with van der Waals surface area (Å²) in [5.74, 6) is 1.44. The second-order valence-corrected chi connectivity index (χ2v) is 5.41. The van der Waals surface area contributed by atoms with Gasteiger partial charge in [0.1, 0.15) is 11.5 Å². The van der Waals surface area contributed by atoms with Crippen LogP contribution in [-0.2, 0) is 6.42 Å². The molecule has 0 spiro atoms. The van der Waals surface area contributed by atoms with E-state index in [2.05, 4.69) is 4.98 Å². The molecule has 3 rings (SSSR count). The summed E-state index contributed by atoms with van der Waals surface area (Å²) in [7, 11) is 1.65. The average Bonchev–Trinajstić information content (AvgIpc) is 3.23. The van der Waals surface area contributed by atoms with Crippen LogP contribution in [0.5, 0.6) is 5.75 Å². The normalized spacial score (nSPS) is 17.7. The maximum absolute atomic E-state index is 12.8. The summed E-state index contributed by atoms with van der Waals surface area (Å²) < 4.78 is 10.5. The van der Waals surface area contributed by atoms with Gasteiger partial charge in [-0.1, -0.05) is 19.1 Å². The topological polar surface area (TPSA) is 55.6 Å². The minimum atomic E-state index is -0.0380. The Hall–Kier alpha value is -2.30. The van der Waals surface area contributed by atoms with Gasteiger partial charge < -0.3 is 14.1 Å². The first-order chi connectivity index (χ1) is 10.7. The third kappa shape index (κ3) is 2.58. The summed E-state index contributed by atoms with van der Waals surface area (Å²) in [4.78, 5) is 18.8. The molecule has 5 nitrogen and oxygen atoms in total. The number of benzene rings is 1. The van der Waals surface area contributed by atoms with Gasteiger partial charge in [-0.25, -0.2) is 4.98 Å². The number of hydrogen-bond donors (Lipinski definition) is 0. The zero-order valence-electron chi connectivity index (χ0n) is 12.9. The van der Waals surface area contributed by atoms with E-state index in [4.69, 9.17) is 9.15 Å². The van der Waals surface area contributed by atoms with Gasteiger partial charge in [-0.15, -0.1) is 0 Å². The molecule has 1 aromatic heterocycles. The maximum Gasteiger partial charge on any atom is 0.276 e. The minimum Gasteiger partial charge on any atom is -0.497 e. The number of aromatic nitrogens is 1. The van der Waals surface area contributed by atoms with E-state index in [1.54, 1.807) is 7.11 Å². The molecule has 0 saturated carbocycles. The fraction of sp³-hybridized carbons (Fsp3) is 0.412. The van der Waals surface area contributed by atoms with Crippen molar-refractivity contribution < 1.29 is 13.9 Å². The van der Waals surface area contributed by atoms with Crippen molar-refractivity contribution in [1.82, 2.24) is 9.88 Å². The van der Waals surface area contributed by atoms with Crippen LogP contribution in [-0.4, -0.2) is 29.4 Å². The monoisotopic (exact) mass is 300 g/mol. The van der Waals surface area contributed by atoms with Crippen molar-refractivity contribution in [3.05, 3.63) is 47.7 Å². The smallest absolute Gasteiger partial charge is 0.276 e. The van der Waals surface area contributed by atoms with E-state index in [0.717, 1.165) is 30.7 Å². The van der Waals surface area contributed by atoms with E-state index in [-0.39, 0.29) is 11.9 Å². The van der Waals surface area contributed by atoms with Crippen molar-refractivity contribution in [3.8, 4) is 5.75 Å². The number of amides is 1. The standard InChI is InChI=1S/C17H20N2O3/c1-3-15-16(18-11-22-15)17(20)19-10-4-5-14(19)12-6-8-13(21-2)9-7-12/h6-9,11,14H,3-5,10H2,1-2H3. The number of aryl methyl sites for hydroxylation is 1. The van der Waals surface area contributed by atoms with Gasteiger partial charge in [0, 0.05) is 13.0 Å². The Balaban J connectivity index is 1.84. The highest BCUT2D eigenvalue weighted by Crippen LogP contribution is 2.34. The summed E-state index contributed by atoms with van der Waals surface area (Å²) in [6.07, 6.45) is 3.99. The largest absolute Gasteiger partial charge is 0.497 e. The van der Waals surface area contributed by atoms with E-state index >= 15 is 0 Å². The fourth-order valence-corrected chi connectivity index (χ4v) is 3.01. The molecule has 1 fully saturated rings. The Morgan fingerprint density at radius 3 is 2.86 bits per heavy atom. The van der Waals surface area contributed by atoms with Crippen LogP contribution >= 0.6 is 0 Å². The van der Waals surface area contributed by atoms with Crippen LogP contribution in [0.3, 0.4) is 0 Å². The summed E-state index contributed by atoms with van der Waals surface area (Å²) >= 11 is 0. The first kappa shape index (κ1) is 14.6.